The van der Waals surface area contributed by atoms with Gasteiger partial charge >= 0.3 is 11.9 Å². The number of rotatable bonds is 24. The molecule has 1 atom stereocenters. The van der Waals surface area contributed by atoms with Crippen LogP contribution >= 0.6 is 0 Å². The first kappa shape index (κ1) is 53.0. The van der Waals surface area contributed by atoms with E-state index >= 15 is 0 Å². The topological polar surface area (TPSA) is 160 Å². The van der Waals surface area contributed by atoms with Gasteiger partial charge in [-0.15, -0.1) is 10.1 Å². The van der Waals surface area contributed by atoms with E-state index in [4.69, 9.17) is 14.2 Å². The summed E-state index contributed by atoms with van der Waals surface area (Å²) in [5.74, 6) is 0.573. The quantitative estimate of drug-likeness (QED) is 0.0158. The van der Waals surface area contributed by atoms with Crippen LogP contribution in [0.15, 0.2) is 60.7 Å². The van der Waals surface area contributed by atoms with Gasteiger partial charge in [-0.05, 0) is 73.9 Å². The van der Waals surface area contributed by atoms with E-state index in [1.54, 1.807) is 36.4 Å². The molecule has 58 heavy (non-hydrogen) atoms. The average Bonchev–Trinajstić information content (AvgIpc) is 3.77. The third-order valence-electron chi connectivity index (χ3n) is 9.05. The van der Waals surface area contributed by atoms with Crippen molar-refractivity contribution in [1.82, 2.24) is 5.32 Å². The number of hydrogen-bond acceptors (Lipinski definition) is 10. The number of nitrogens with zero attached hydrogens (tertiary/aromatic N) is 1. The summed E-state index contributed by atoms with van der Waals surface area (Å²) < 4.78 is 15.6. The molecule has 1 aliphatic carbocycles. The summed E-state index contributed by atoms with van der Waals surface area (Å²) >= 11 is 0. The first-order valence-corrected chi connectivity index (χ1v) is 21.0. The van der Waals surface area contributed by atoms with Crippen LogP contribution < -0.4 is 14.8 Å². The van der Waals surface area contributed by atoms with E-state index in [1.807, 2.05) is 13.8 Å². The van der Waals surface area contributed by atoms with Crippen LogP contribution in [-0.2, 0) is 42.0 Å². The molecular formula is C46H70N2O10. The normalized spacial score (nSPS) is 12.5. The molecule has 0 aromatic heterocycles. The molecule has 2 aromatic carbocycles. The Labute approximate surface area is 347 Å². The molecule has 1 aliphatic rings. The number of carbonyl (C=O) groups is 4. The molecule has 0 bridgehead atoms. The molecule has 0 heterocycles. The van der Waals surface area contributed by atoms with E-state index in [1.165, 1.54) is 109 Å². The second kappa shape index (κ2) is 35.2. The van der Waals surface area contributed by atoms with Crippen molar-refractivity contribution in [1.29, 1.82) is 0 Å². The summed E-state index contributed by atoms with van der Waals surface area (Å²) in [5, 5.41) is 11.6. The fourth-order valence-electron chi connectivity index (χ4n) is 5.67. The van der Waals surface area contributed by atoms with Gasteiger partial charge in [0.25, 0.3) is 5.09 Å². The number of nitrogens with one attached hydrogen (secondary N) is 1. The molecule has 0 aliphatic heterocycles. The van der Waals surface area contributed by atoms with Crippen molar-refractivity contribution in [3.05, 3.63) is 87.5 Å². The standard InChI is InChI=1S/C22H22N2O9.C15H28O.C7H14.C2H6/c1-15(23-14-25)22(27)33-19-9-7-16(11-20(19)30-2)8-10-21(26)31-12-17-3-5-18(6-4-17)13-32-24(28)29;1-2-3-4-5-6-11-15(16)13-12-14-9-7-8-10-14;1-3-5-7-6-4-2;1-2/h3-11,14-15H,12-13H2,1-2H3,(H,23,25);14H,2-13H2,1H3;3,5H,4,6-7H2,1-2H3;1-2H3/b10-8+;;5-3-;. The first-order valence-electron chi connectivity index (χ1n) is 21.0. The highest BCUT2D eigenvalue weighted by molar-refractivity contribution is 5.87. The van der Waals surface area contributed by atoms with Crippen molar-refractivity contribution < 1.29 is 43.3 Å². The van der Waals surface area contributed by atoms with Crippen LogP contribution in [0.3, 0.4) is 0 Å². The third-order valence-corrected chi connectivity index (χ3v) is 9.05. The van der Waals surface area contributed by atoms with Crippen LogP contribution in [0, 0.1) is 16.0 Å². The number of Topliss-reactive ketones (excluding diaryl/α,β-unsaturated/α-hetero) is 1. The number of ketones is 1. The van der Waals surface area contributed by atoms with E-state index in [0.29, 0.717) is 28.9 Å². The van der Waals surface area contributed by atoms with Crippen molar-refractivity contribution in [2.75, 3.05) is 7.11 Å². The smallest absolute Gasteiger partial charge is 0.333 e. The maximum Gasteiger partial charge on any atom is 0.333 e. The molecule has 0 saturated heterocycles. The molecule has 1 N–H and O–H groups in total. The van der Waals surface area contributed by atoms with Crippen molar-refractivity contribution in [2.45, 2.75) is 157 Å². The molecule has 324 valence electrons. The first-order chi connectivity index (χ1) is 28.1. The Bertz CT molecular complexity index is 1480. The van der Waals surface area contributed by atoms with Gasteiger partial charge in [0.15, 0.2) is 11.5 Å². The molecule has 12 heteroatoms. The highest BCUT2D eigenvalue weighted by Gasteiger charge is 2.17. The van der Waals surface area contributed by atoms with Gasteiger partial charge in [0.2, 0.25) is 6.41 Å². The molecule has 1 amide bonds. The highest BCUT2D eigenvalue weighted by atomic mass is 16.9. The van der Waals surface area contributed by atoms with Crippen molar-refractivity contribution in [2.24, 2.45) is 5.92 Å². The molecule has 1 saturated carbocycles. The summed E-state index contributed by atoms with van der Waals surface area (Å²) in [7, 11) is 1.40. The Morgan fingerprint density at radius 3 is 2.12 bits per heavy atom. The summed E-state index contributed by atoms with van der Waals surface area (Å²) in [6.07, 6.45) is 26.1. The maximum absolute atomic E-state index is 12.0. The zero-order valence-electron chi connectivity index (χ0n) is 36.1. The fraction of sp³-hybridized carbons (Fsp3) is 0.565. The van der Waals surface area contributed by atoms with Gasteiger partial charge in [-0.3, -0.25) is 9.59 Å². The van der Waals surface area contributed by atoms with Crippen molar-refractivity contribution in [3.8, 4) is 11.5 Å². The van der Waals surface area contributed by atoms with E-state index in [9.17, 15) is 29.3 Å². The van der Waals surface area contributed by atoms with Crippen molar-refractivity contribution in [3.63, 3.8) is 0 Å². The Morgan fingerprint density at radius 2 is 1.53 bits per heavy atom. The van der Waals surface area contributed by atoms with Crippen molar-refractivity contribution >= 4 is 30.2 Å². The molecule has 12 nitrogen and oxygen atoms in total. The average molecular weight is 811 g/mol. The second-order valence-electron chi connectivity index (χ2n) is 13.7. The van der Waals surface area contributed by atoms with Gasteiger partial charge in [-0.2, -0.15) is 0 Å². The minimum Gasteiger partial charge on any atom is -0.493 e. The van der Waals surface area contributed by atoms with Gasteiger partial charge < -0.3 is 24.4 Å². The molecule has 1 fully saturated rings. The lowest BCUT2D eigenvalue weighted by Gasteiger charge is -2.13. The molecule has 0 radical (unpaired) electrons. The number of methoxy groups -OCH3 is 1. The van der Waals surface area contributed by atoms with Crippen LogP contribution in [0.4, 0.5) is 0 Å². The van der Waals surface area contributed by atoms with Crippen LogP contribution in [0.1, 0.15) is 155 Å². The number of allylic oxidation sites excluding steroid dienone is 2. The lowest BCUT2D eigenvalue weighted by Crippen LogP contribution is -2.36. The number of ether oxygens (including phenoxy) is 3. The maximum atomic E-state index is 12.0. The minimum absolute atomic E-state index is 0.0186. The van der Waals surface area contributed by atoms with Gasteiger partial charge in [-0.25, -0.2) is 9.59 Å². The molecule has 0 spiro atoms. The Balaban J connectivity index is 0.00000107. The van der Waals surface area contributed by atoms with Gasteiger partial charge in [-0.1, -0.05) is 134 Å². The zero-order valence-corrected chi connectivity index (χ0v) is 36.1. The van der Waals surface area contributed by atoms with Gasteiger partial charge in [0, 0.05) is 18.9 Å². The van der Waals surface area contributed by atoms with Crippen LogP contribution in [0.5, 0.6) is 11.5 Å². The van der Waals surface area contributed by atoms with Crippen LogP contribution in [-0.4, -0.2) is 42.4 Å². The number of carbonyl (C=O) groups excluding carboxylic acids is 4. The number of unbranched alkanes of at least 4 members (excludes halogenated alkanes) is 6. The number of benzene rings is 2. The summed E-state index contributed by atoms with van der Waals surface area (Å²) in [6.45, 7) is 11.8. The SMILES string of the molecule is C/C=C\CCCC.CC.CCCCCCCC(=O)CCC1CCCC1.COc1cc(/C=C/C(=O)OCc2ccc(CO[N+](=O)[O-])cc2)ccc1OC(=O)C(C)NC=O. The molecular weight excluding hydrogens is 741 g/mol. The number of esters is 2. The molecule has 1 unspecified atom stereocenters. The predicted molar refractivity (Wildman–Crippen MR) is 230 cm³/mol. The van der Waals surface area contributed by atoms with E-state index in [0.717, 1.165) is 25.2 Å². The Morgan fingerprint density at radius 1 is 0.897 bits per heavy atom. The Kier molecular flexibility index (Phi) is 32.2. The largest absolute Gasteiger partial charge is 0.493 e. The molecule has 2 aromatic rings. The second-order valence-corrected chi connectivity index (χ2v) is 13.7. The van der Waals surface area contributed by atoms with E-state index in [-0.39, 0.29) is 24.7 Å². The number of amides is 1. The Hall–Kier alpha value is -5.00. The zero-order chi connectivity index (χ0) is 43.4. The highest BCUT2D eigenvalue weighted by Crippen LogP contribution is 2.30. The summed E-state index contributed by atoms with van der Waals surface area (Å²) in [6, 6.07) is 10.5. The van der Waals surface area contributed by atoms with Gasteiger partial charge in [0.1, 0.15) is 25.0 Å². The number of hydrogen-bond donors (Lipinski definition) is 1. The van der Waals surface area contributed by atoms with Crippen LogP contribution in [0.2, 0.25) is 0 Å². The van der Waals surface area contributed by atoms with Gasteiger partial charge in [0.05, 0.1) is 7.11 Å². The monoisotopic (exact) mass is 811 g/mol. The predicted octanol–water partition coefficient (Wildman–Crippen LogP) is 10.9. The summed E-state index contributed by atoms with van der Waals surface area (Å²) in [4.78, 5) is 60.5. The van der Waals surface area contributed by atoms with Crippen LogP contribution in [0.25, 0.3) is 6.08 Å². The van der Waals surface area contributed by atoms with E-state index < -0.39 is 23.1 Å². The minimum atomic E-state index is -0.869. The van der Waals surface area contributed by atoms with E-state index in [2.05, 4.69) is 43.1 Å². The summed E-state index contributed by atoms with van der Waals surface area (Å²) in [5.41, 5.74) is 1.91. The fourth-order valence-corrected chi connectivity index (χ4v) is 5.67. The third kappa shape index (κ3) is 26.8. The lowest BCUT2D eigenvalue weighted by atomic mass is 9.98. The lowest BCUT2D eigenvalue weighted by molar-refractivity contribution is -0.763. The molecule has 3 rings (SSSR count).